The predicted molar refractivity (Wildman–Crippen MR) is 58.9 cm³/mol. The van der Waals surface area contributed by atoms with Crippen molar-refractivity contribution in [2.24, 2.45) is 0 Å². The zero-order valence-corrected chi connectivity index (χ0v) is 9.53. The third kappa shape index (κ3) is 3.47. The fraction of sp³-hybridized carbons (Fsp3) is 0.636. The highest BCUT2D eigenvalue weighted by molar-refractivity contribution is 5.01. The lowest BCUT2D eigenvalue weighted by molar-refractivity contribution is 0.179. The molecule has 0 fully saturated rings. The summed E-state index contributed by atoms with van der Waals surface area (Å²) in [6.07, 6.45) is 1.20. The molecule has 1 atom stereocenters. The van der Waals surface area contributed by atoms with Gasteiger partial charge in [0.15, 0.2) is 0 Å². The molecule has 0 aliphatic rings. The van der Waals surface area contributed by atoms with Gasteiger partial charge in [0.25, 0.3) is 5.56 Å². The summed E-state index contributed by atoms with van der Waals surface area (Å²) in [6, 6.07) is 1.54. The molecule has 1 heterocycles. The zero-order valence-electron chi connectivity index (χ0n) is 9.53. The number of aryl methyl sites for hydroxylation is 2. The number of hydrogen-bond donors (Lipinski definition) is 1. The summed E-state index contributed by atoms with van der Waals surface area (Å²) in [7, 11) is 0. The topological polar surface area (TPSA) is 55.1 Å². The Labute approximate surface area is 89.6 Å². The summed E-state index contributed by atoms with van der Waals surface area (Å²) in [4.78, 5) is 15.8. The van der Waals surface area contributed by atoms with E-state index >= 15 is 0 Å². The first-order valence-electron chi connectivity index (χ1n) is 5.24. The molecule has 4 heteroatoms. The van der Waals surface area contributed by atoms with Crippen molar-refractivity contribution in [1.29, 1.82) is 0 Å². The summed E-state index contributed by atoms with van der Waals surface area (Å²) in [5.74, 6) is 0.741. The van der Waals surface area contributed by atoms with Crippen LogP contribution in [0.2, 0.25) is 0 Å². The van der Waals surface area contributed by atoms with Crippen LogP contribution in [0, 0.1) is 13.8 Å². The maximum atomic E-state index is 11.6. The minimum absolute atomic E-state index is 0.00871. The SMILES string of the molecule is Cc1cc(=O)n(CCCC(C)O)c(C)n1. The molecule has 0 aliphatic carbocycles. The van der Waals surface area contributed by atoms with Crippen LogP contribution < -0.4 is 5.56 Å². The van der Waals surface area contributed by atoms with Crippen LogP contribution in [0.15, 0.2) is 10.9 Å². The normalized spacial score (nSPS) is 12.8. The van der Waals surface area contributed by atoms with Crippen molar-refractivity contribution >= 4 is 0 Å². The summed E-state index contributed by atoms with van der Waals surface area (Å²) in [5.41, 5.74) is 0.745. The highest BCUT2D eigenvalue weighted by atomic mass is 16.3. The molecule has 1 aromatic rings. The first-order chi connectivity index (χ1) is 7.00. The fourth-order valence-corrected chi connectivity index (χ4v) is 1.58. The molecule has 1 N–H and O–H groups in total. The van der Waals surface area contributed by atoms with Gasteiger partial charge in [-0.15, -0.1) is 0 Å². The first kappa shape index (κ1) is 11.9. The molecule has 0 radical (unpaired) electrons. The highest BCUT2D eigenvalue weighted by Gasteiger charge is 2.03. The predicted octanol–water partition coefficient (Wildman–Crippen LogP) is 1.02. The molecule has 0 amide bonds. The van der Waals surface area contributed by atoms with E-state index in [2.05, 4.69) is 4.98 Å². The minimum atomic E-state index is -0.306. The van der Waals surface area contributed by atoms with Crippen molar-refractivity contribution in [2.75, 3.05) is 0 Å². The van der Waals surface area contributed by atoms with E-state index in [1.165, 1.54) is 6.07 Å². The monoisotopic (exact) mass is 210 g/mol. The van der Waals surface area contributed by atoms with Crippen molar-refractivity contribution in [3.63, 3.8) is 0 Å². The lowest BCUT2D eigenvalue weighted by atomic mass is 10.2. The molecule has 1 unspecified atom stereocenters. The van der Waals surface area contributed by atoms with Gasteiger partial charge in [0.05, 0.1) is 6.10 Å². The van der Waals surface area contributed by atoms with Gasteiger partial charge >= 0.3 is 0 Å². The number of rotatable bonds is 4. The Hall–Kier alpha value is -1.16. The van der Waals surface area contributed by atoms with Gasteiger partial charge < -0.3 is 5.11 Å². The number of aromatic nitrogens is 2. The van der Waals surface area contributed by atoms with Gasteiger partial charge in [-0.05, 0) is 33.6 Å². The van der Waals surface area contributed by atoms with Gasteiger partial charge in [-0.25, -0.2) is 4.98 Å². The van der Waals surface area contributed by atoms with Crippen LogP contribution in [0.3, 0.4) is 0 Å². The molecule has 0 aromatic carbocycles. The smallest absolute Gasteiger partial charge is 0.253 e. The Morgan fingerprint density at radius 3 is 2.73 bits per heavy atom. The molecular weight excluding hydrogens is 192 g/mol. The van der Waals surface area contributed by atoms with Crippen molar-refractivity contribution in [3.8, 4) is 0 Å². The molecule has 1 rings (SSSR count). The van der Waals surface area contributed by atoms with Crippen LogP contribution in [0.4, 0.5) is 0 Å². The van der Waals surface area contributed by atoms with E-state index in [-0.39, 0.29) is 11.7 Å². The van der Waals surface area contributed by atoms with Crippen molar-refractivity contribution < 1.29 is 5.11 Å². The van der Waals surface area contributed by atoms with E-state index in [9.17, 15) is 4.79 Å². The standard InChI is InChI=1S/C11H18N2O2/c1-8-7-11(15)13(10(3)12-8)6-4-5-9(2)14/h7,9,14H,4-6H2,1-3H3. The Morgan fingerprint density at radius 1 is 1.53 bits per heavy atom. The Kier molecular flexibility index (Phi) is 4.03. The molecule has 0 bridgehead atoms. The van der Waals surface area contributed by atoms with Crippen LogP contribution in [-0.4, -0.2) is 20.8 Å². The molecule has 0 spiro atoms. The molecule has 0 aliphatic heterocycles. The minimum Gasteiger partial charge on any atom is -0.393 e. The zero-order chi connectivity index (χ0) is 11.4. The van der Waals surface area contributed by atoms with E-state index < -0.39 is 0 Å². The molecule has 15 heavy (non-hydrogen) atoms. The van der Waals surface area contributed by atoms with E-state index in [1.807, 2.05) is 13.8 Å². The Morgan fingerprint density at radius 2 is 2.20 bits per heavy atom. The van der Waals surface area contributed by atoms with Crippen LogP contribution in [0.25, 0.3) is 0 Å². The van der Waals surface area contributed by atoms with Crippen LogP contribution in [0.5, 0.6) is 0 Å². The van der Waals surface area contributed by atoms with Crippen LogP contribution in [0.1, 0.15) is 31.3 Å². The summed E-state index contributed by atoms with van der Waals surface area (Å²) in [6.45, 7) is 6.02. The van der Waals surface area contributed by atoms with Crippen molar-refractivity contribution in [2.45, 2.75) is 46.3 Å². The molecule has 84 valence electrons. The summed E-state index contributed by atoms with van der Waals surface area (Å²) < 4.78 is 1.65. The van der Waals surface area contributed by atoms with Gasteiger partial charge in [0, 0.05) is 18.3 Å². The van der Waals surface area contributed by atoms with Gasteiger partial charge in [0.2, 0.25) is 0 Å². The van der Waals surface area contributed by atoms with Gasteiger partial charge in [-0.1, -0.05) is 0 Å². The van der Waals surface area contributed by atoms with E-state index in [1.54, 1.807) is 11.5 Å². The highest BCUT2D eigenvalue weighted by Crippen LogP contribution is 2.00. The fourth-order valence-electron chi connectivity index (χ4n) is 1.58. The number of aliphatic hydroxyl groups is 1. The third-order valence-corrected chi connectivity index (χ3v) is 2.33. The van der Waals surface area contributed by atoms with Crippen LogP contribution in [-0.2, 0) is 6.54 Å². The van der Waals surface area contributed by atoms with E-state index in [4.69, 9.17) is 5.11 Å². The maximum Gasteiger partial charge on any atom is 0.253 e. The Bertz CT molecular complexity index is 383. The van der Waals surface area contributed by atoms with Gasteiger partial charge in [0.1, 0.15) is 5.82 Å². The first-order valence-corrected chi connectivity index (χ1v) is 5.24. The Balaban J connectivity index is 2.73. The average Bonchev–Trinajstić information content (AvgIpc) is 2.08. The summed E-state index contributed by atoms with van der Waals surface area (Å²) >= 11 is 0. The number of aliphatic hydroxyl groups excluding tert-OH is 1. The lowest BCUT2D eigenvalue weighted by Crippen LogP contribution is -2.24. The molecule has 1 aromatic heterocycles. The quantitative estimate of drug-likeness (QED) is 0.807. The van der Waals surface area contributed by atoms with Gasteiger partial charge in [-0.3, -0.25) is 9.36 Å². The number of hydrogen-bond acceptors (Lipinski definition) is 3. The van der Waals surface area contributed by atoms with Crippen molar-refractivity contribution in [3.05, 3.63) is 27.9 Å². The third-order valence-electron chi connectivity index (χ3n) is 2.33. The summed E-state index contributed by atoms with van der Waals surface area (Å²) in [5, 5.41) is 9.11. The second-order valence-electron chi connectivity index (χ2n) is 3.93. The molecular formula is C11H18N2O2. The number of nitrogens with zero attached hydrogens (tertiary/aromatic N) is 2. The lowest BCUT2D eigenvalue weighted by Gasteiger charge is -2.10. The second-order valence-corrected chi connectivity index (χ2v) is 3.93. The molecule has 4 nitrogen and oxygen atoms in total. The van der Waals surface area contributed by atoms with E-state index in [0.717, 1.165) is 17.9 Å². The maximum absolute atomic E-state index is 11.6. The second kappa shape index (κ2) is 5.07. The largest absolute Gasteiger partial charge is 0.393 e. The van der Waals surface area contributed by atoms with Gasteiger partial charge in [-0.2, -0.15) is 0 Å². The molecule has 0 saturated heterocycles. The van der Waals surface area contributed by atoms with Crippen molar-refractivity contribution in [1.82, 2.24) is 9.55 Å². The average molecular weight is 210 g/mol. The molecule has 0 saturated carbocycles. The van der Waals surface area contributed by atoms with E-state index in [0.29, 0.717) is 13.0 Å². The van der Waals surface area contributed by atoms with Crippen LogP contribution >= 0.6 is 0 Å².